The van der Waals surface area contributed by atoms with Gasteiger partial charge in [-0.25, -0.2) is 4.98 Å². The first-order valence-corrected chi connectivity index (χ1v) is 6.54. The lowest BCUT2D eigenvalue weighted by Crippen LogP contribution is -2.21. The Labute approximate surface area is 95.9 Å². The highest BCUT2D eigenvalue weighted by Crippen LogP contribution is 2.15. The Balaban J connectivity index is 2.66. The first-order valence-electron chi connectivity index (χ1n) is 5.15. The molecule has 0 amide bonds. The summed E-state index contributed by atoms with van der Waals surface area (Å²) in [5, 5.41) is 3.41. The zero-order valence-corrected chi connectivity index (χ0v) is 10.4. The Bertz CT molecular complexity index is 315. The van der Waals surface area contributed by atoms with Crippen LogP contribution in [0.2, 0.25) is 0 Å². The van der Waals surface area contributed by atoms with Crippen molar-refractivity contribution < 1.29 is 0 Å². The van der Waals surface area contributed by atoms with Crippen LogP contribution in [0.4, 0.5) is 11.5 Å². The fourth-order valence-electron chi connectivity index (χ4n) is 1.32. The molecular formula is C11H19N3S. The third-order valence-corrected chi connectivity index (χ3v) is 3.10. The summed E-state index contributed by atoms with van der Waals surface area (Å²) in [7, 11) is 0. The van der Waals surface area contributed by atoms with Gasteiger partial charge in [0.05, 0.1) is 11.9 Å². The molecule has 3 nitrogen and oxygen atoms in total. The second-order valence-electron chi connectivity index (χ2n) is 3.63. The van der Waals surface area contributed by atoms with Gasteiger partial charge < -0.3 is 11.1 Å². The van der Waals surface area contributed by atoms with Crippen LogP contribution in [-0.2, 0) is 0 Å². The van der Waals surface area contributed by atoms with Crippen molar-refractivity contribution in [2.45, 2.75) is 26.3 Å². The Morgan fingerprint density at radius 2 is 2.33 bits per heavy atom. The van der Waals surface area contributed by atoms with Gasteiger partial charge in [0.1, 0.15) is 5.82 Å². The number of pyridine rings is 1. The minimum Gasteiger partial charge on any atom is -0.397 e. The van der Waals surface area contributed by atoms with Gasteiger partial charge in [0.15, 0.2) is 0 Å². The van der Waals surface area contributed by atoms with Crippen LogP contribution in [-0.4, -0.2) is 23.0 Å². The number of rotatable bonds is 5. The summed E-state index contributed by atoms with van der Waals surface area (Å²) in [6.45, 7) is 4.18. The first-order chi connectivity index (χ1) is 7.17. The maximum atomic E-state index is 5.72. The summed E-state index contributed by atoms with van der Waals surface area (Å²) in [6.07, 6.45) is 4.93. The van der Waals surface area contributed by atoms with E-state index in [1.165, 1.54) is 0 Å². The summed E-state index contributed by atoms with van der Waals surface area (Å²) in [6, 6.07) is 2.48. The number of nitrogens with one attached hydrogen (secondary N) is 1. The molecule has 0 spiro atoms. The van der Waals surface area contributed by atoms with Crippen molar-refractivity contribution in [1.29, 1.82) is 0 Å². The molecule has 1 aromatic rings. The lowest BCUT2D eigenvalue weighted by molar-refractivity contribution is 0.770. The number of nitrogen functional groups attached to an aromatic ring is 1. The van der Waals surface area contributed by atoms with E-state index >= 15 is 0 Å². The van der Waals surface area contributed by atoms with Gasteiger partial charge in [0, 0.05) is 11.8 Å². The molecule has 4 heteroatoms. The van der Waals surface area contributed by atoms with Crippen molar-refractivity contribution in [3.05, 3.63) is 17.8 Å². The molecule has 3 N–H and O–H groups in total. The summed E-state index contributed by atoms with van der Waals surface area (Å²) in [5.74, 6) is 2.02. The molecule has 0 aliphatic rings. The Morgan fingerprint density at radius 3 is 2.87 bits per heavy atom. The normalized spacial score (nSPS) is 12.5. The van der Waals surface area contributed by atoms with Gasteiger partial charge in [0.25, 0.3) is 0 Å². The van der Waals surface area contributed by atoms with Crippen LogP contribution in [0.5, 0.6) is 0 Å². The van der Waals surface area contributed by atoms with Gasteiger partial charge in [-0.3, -0.25) is 0 Å². The maximum Gasteiger partial charge on any atom is 0.126 e. The Hall–Kier alpha value is -0.900. The molecule has 0 fully saturated rings. The number of hydrogen-bond acceptors (Lipinski definition) is 4. The smallest absolute Gasteiger partial charge is 0.126 e. The van der Waals surface area contributed by atoms with Crippen LogP contribution < -0.4 is 11.1 Å². The van der Waals surface area contributed by atoms with Crippen molar-refractivity contribution in [3.8, 4) is 0 Å². The summed E-state index contributed by atoms with van der Waals surface area (Å²) >= 11 is 1.85. The third-order valence-electron chi connectivity index (χ3n) is 2.36. The maximum absolute atomic E-state index is 5.72. The zero-order chi connectivity index (χ0) is 11.3. The highest BCUT2D eigenvalue weighted by Gasteiger charge is 2.06. The molecule has 0 radical (unpaired) electrons. The monoisotopic (exact) mass is 225 g/mol. The highest BCUT2D eigenvalue weighted by molar-refractivity contribution is 7.98. The standard InChI is InChI=1S/C11H19N3S/c1-4-9(7-15-3)14-11-5-8(2)10(12)6-13-11/h5-6,9H,4,7,12H2,1-3H3,(H,13,14). The van der Waals surface area contributed by atoms with Gasteiger partial charge in [0.2, 0.25) is 0 Å². The lowest BCUT2D eigenvalue weighted by atomic mass is 10.2. The van der Waals surface area contributed by atoms with Crippen LogP contribution in [0.25, 0.3) is 0 Å². The van der Waals surface area contributed by atoms with Crippen LogP contribution in [0, 0.1) is 6.92 Å². The van der Waals surface area contributed by atoms with Gasteiger partial charge in [-0.1, -0.05) is 6.92 Å². The van der Waals surface area contributed by atoms with Crippen molar-refractivity contribution in [2.24, 2.45) is 0 Å². The molecule has 0 saturated carbocycles. The molecule has 1 atom stereocenters. The molecule has 84 valence electrons. The fraction of sp³-hybridized carbons (Fsp3) is 0.545. The number of thioether (sulfide) groups is 1. The minimum absolute atomic E-state index is 0.482. The van der Waals surface area contributed by atoms with Gasteiger partial charge in [-0.05, 0) is 31.2 Å². The molecule has 0 bridgehead atoms. The predicted octanol–water partition coefficient (Wildman–Crippen LogP) is 2.53. The van der Waals surface area contributed by atoms with Crippen LogP contribution in [0.3, 0.4) is 0 Å². The molecule has 0 saturated heterocycles. The number of nitrogens with zero attached hydrogens (tertiary/aromatic N) is 1. The molecule has 0 aliphatic heterocycles. The van der Waals surface area contributed by atoms with Crippen LogP contribution in [0.15, 0.2) is 12.3 Å². The summed E-state index contributed by atoms with van der Waals surface area (Å²) < 4.78 is 0. The van der Waals surface area contributed by atoms with Crippen LogP contribution in [0.1, 0.15) is 18.9 Å². The van der Waals surface area contributed by atoms with E-state index in [-0.39, 0.29) is 0 Å². The SMILES string of the molecule is CCC(CSC)Nc1cc(C)c(N)cn1. The second kappa shape index (κ2) is 5.85. The average molecular weight is 225 g/mol. The molecular weight excluding hydrogens is 206 g/mol. The van der Waals surface area contributed by atoms with E-state index in [4.69, 9.17) is 5.73 Å². The first kappa shape index (κ1) is 12.2. The van der Waals surface area contributed by atoms with E-state index in [9.17, 15) is 0 Å². The largest absolute Gasteiger partial charge is 0.397 e. The van der Waals surface area contributed by atoms with E-state index in [1.807, 2.05) is 24.8 Å². The molecule has 1 aromatic heterocycles. The van der Waals surface area contributed by atoms with Crippen LogP contribution >= 0.6 is 11.8 Å². The number of nitrogens with two attached hydrogens (primary N) is 1. The lowest BCUT2D eigenvalue weighted by Gasteiger charge is -2.16. The topological polar surface area (TPSA) is 50.9 Å². The van der Waals surface area contributed by atoms with Gasteiger partial charge >= 0.3 is 0 Å². The number of aryl methyl sites for hydroxylation is 1. The van der Waals surface area contributed by atoms with Crippen molar-refractivity contribution >= 4 is 23.3 Å². The van der Waals surface area contributed by atoms with E-state index in [0.717, 1.165) is 29.2 Å². The van der Waals surface area contributed by atoms with E-state index in [0.29, 0.717) is 6.04 Å². The average Bonchev–Trinajstić information content (AvgIpc) is 2.23. The zero-order valence-electron chi connectivity index (χ0n) is 9.58. The minimum atomic E-state index is 0.482. The Morgan fingerprint density at radius 1 is 1.60 bits per heavy atom. The number of hydrogen-bond donors (Lipinski definition) is 2. The molecule has 15 heavy (non-hydrogen) atoms. The summed E-state index contributed by atoms with van der Waals surface area (Å²) in [5.41, 5.74) is 7.54. The van der Waals surface area contributed by atoms with E-state index < -0.39 is 0 Å². The molecule has 1 rings (SSSR count). The van der Waals surface area contributed by atoms with Gasteiger partial charge in [-0.15, -0.1) is 0 Å². The van der Waals surface area contributed by atoms with Gasteiger partial charge in [-0.2, -0.15) is 11.8 Å². The number of anilines is 2. The highest BCUT2D eigenvalue weighted by atomic mass is 32.2. The quantitative estimate of drug-likeness (QED) is 0.808. The van der Waals surface area contributed by atoms with E-state index in [2.05, 4.69) is 23.5 Å². The van der Waals surface area contributed by atoms with Crippen molar-refractivity contribution in [2.75, 3.05) is 23.1 Å². The molecule has 1 heterocycles. The fourth-order valence-corrected chi connectivity index (χ4v) is 2.04. The third kappa shape index (κ3) is 3.63. The van der Waals surface area contributed by atoms with Crippen molar-refractivity contribution in [3.63, 3.8) is 0 Å². The Kier molecular flexibility index (Phi) is 4.75. The molecule has 0 aliphatic carbocycles. The predicted molar refractivity (Wildman–Crippen MR) is 69.5 cm³/mol. The number of aromatic nitrogens is 1. The summed E-state index contributed by atoms with van der Waals surface area (Å²) in [4.78, 5) is 4.26. The van der Waals surface area contributed by atoms with Crippen molar-refractivity contribution in [1.82, 2.24) is 4.98 Å². The molecule has 1 unspecified atom stereocenters. The second-order valence-corrected chi connectivity index (χ2v) is 4.54. The van der Waals surface area contributed by atoms with E-state index in [1.54, 1.807) is 6.20 Å². The molecule has 0 aromatic carbocycles.